The first-order valence-corrected chi connectivity index (χ1v) is 11.1. The Morgan fingerprint density at radius 1 is 0.882 bits per heavy atom. The van der Waals surface area contributed by atoms with Gasteiger partial charge in [0.25, 0.3) is 5.91 Å². The molecule has 0 heterocycles. The van der Waals surface area contributed by atoms with Gasteiger partial charge in [-0.15, -0.1) is 0 Å². The lowest BCUT2D eigenvalue weighted by Gasteiger charge is -2.27. The van der Waals surface area contributed by atoms with Gasteiger partial charge < -0.3 is 24.3 Å². The number of para-hydroxylation sites is 2. The Balaban J connectivity index is 1.80. The van der Waals surface area contributed by atoms with Crippen LogP contribution in [-0.2, 0) is 16.1 Å². The molecule has 180 valence electrons. The summed E-state index contributed by atoms with van der Waals surface area (Å²) in [5.41, 5.74) is 1.74. The van der Waals surface area contributed by atoms with Crippen molar-refractivity contribution in [2.24, 2.45) is 0 Å². The number of hydrogen-bond donors (Lipinski definition) is 1. The van der Waals surface area contributed by atoms with E-state index in [0.717, 1.165) is 11.3 Å². The Kier molecular flexibility index (Phi) is 9.76. The molecule has 1 unspecified atom stereocenters. The molecule has 3 rings (SSSR count). The molecule has 1 atom stereocenters. The summed E-state index contributed by atoms with van der Waals surface area (Å²) in [5.74, 6) is 1.74. The van der Waals surface area contributed by atoms with Gasteiger partial charge in [0.1, 0.15) is 5.75 Å². The van der Waals surface area contributed by atoms with E-state index in [0.29, 0.717) is 43.5 Å². The molecule has 0 aliphatic heterocycles. The average Bonchev–Trinajstić information content (AvgIpc) is 2.87. The summed E-state index contributed by atoms with van der Waals surface area (Å²) in [6.45, 7) is 2.09. The largest absolute Gasteiger partial charge is 0.493 e. The topological polar surface area (TPSA) is 69.3 Å². The zero-order chi connectivity index (χ0) is 24.2. The van der Waals surface area contributed by atoms with E-state index < -0.39 is 6.10 Å². The van der Waals surface area contributed by atoms with Crippen molar-refractivity contribution in [2.45, 2.75) is 12.6 Å². The highest BCUT2D eigenvalue weighted by Gasteiger charge is 2.24. The molecule has 0 spiro atoms. The number of methoxy groups -OCH3 is 3. The van der Waals surface area contributed by atoms with Crippen LogP contribution in [0.5, 0.6) is 17.2 Å². The average molecular weight is 465 g/mol. The molecule has 3 aromatic rings. The molecule has 1 amide bonds. The van der Waals surface area contributed by atoms with E-state index in [9.17, 15) is 4.79 Å². The van der Waals surface area contributed by atoms with Crippen LogP contribution in [0.1, 0.15) is 5.56 Å². The van der Waals surface area contributed by atoms with Gasteiger partial charge >= 0.3 is 0 Å². The first-order chi connectivity index (χ1) is 16.6. The fourth-order valence-electron chi connectivity index (χ4n) is 3.51. The molecular weight excluding hydrogens is 432 g/mol. The molecule has 34 heavy (non-hydrogen) atoms. The SMILES string of the molecule is COCCN(Cc1ccc(OC)c(OC)c1)CC(Oc1ccccc1)C(=O)Nc1ccccc1. The van der Waals surface area contributed by atoms with Crippen LogP contribution in [0.3, 0.4) is 0 Å². The van der Waals surface area contributed by atoms with E-state index >= 15 is 0 Å². The standard InChI is InChI=1S/C27H32N2O5/c1-31-17-16-29(19-21-14-15-24(32-2)25(18-21)33-3)20-26(34-23-12-8-5-9-13-23)27(30)28-22-10-6-4-7-11-22/h4-15,18,26H,16-17,19-20H2,1-3H3,(H,28,30). The minimum absolute atomic E-state index is 0.218. The van der Waals surface area contributed by atoms with Crippen molar-refractivity contribution in [3.8, 4) is 17.2 Å². The minimum Gasteiger partial charge on any atom is -0.493 e. The highest BCUT2D eigenvalue weighted by Crippen LogP contribution is 2.28. The predicted molar refractivity (Wildman–Crippen MR) is 133 cm³/mol. The molecule has 0 aliphatic carbocycles. The van der Waals surface area contributed by atoms with Gasteiger partial charge in [-0.25, -0.2) is 0 Å². The lowest BCUT2D eigenvalue weighted by molar-refractivity contribution is -0.123. The van der Waals surface area contributed by atoms with Gasteiger partial charge in [0.05, 0.1) is 20.8 Å². The van der Waals surface area contributed by atoms with Crippen molar-refractivity contribution in [3.63, 3.8) is 0 Å². The molecule has 0 radical (unpaired) electrons. The van der Waals surface area contributed by atoms with E-state index in [-0.39, 0.29) is 5.91 Å². The second-order valence-electron chi connectivity index (χ2n) is 7.69. The third-order valence-electron chi connectivity index (χ3n) is 5.25. The summed E-state index contributed by atoms with van der Waals surface area (Å²) in [7, 11) is 4.88. The van der Waals surface area contributed by atoms with Crippen molar-refractivity contribution in [1.29, 1.82) is 0 Å². The Morgan fingerprint density at radius 3 is 2.21 bits per heavy atom. The Morgan fingerprint density at radius 2 is 1.56 bits per heavy atom. The monoisotopic (exact) mass is 464 g/mol. The summed E-state index contributed by atoms with van der Waals surface area (Å²) >= 11 is 0. The third-order valence-corrected chi connectivity index (χ3v) is 5.25. The van der Waals surface area contributed by atoms with Crippen molar-refractivity contribution in [2.75, 3.05) is 46.3 Å². The van der Waals surface area contributed by atoms with E-state index in [2.05, 4.69) is 10.2 Å². The molecule has 0 saturated heterocycles. The second kappa shape index (κ2) is 13.2. The number of ether oxygens (including phenoxy) is 4. The second-order valence-corrected chi connectivity index (χ2v) is 7.69. The van der Waals surface area contributed by atoms with Gasteiger partial charge in [-0.3, -0.25) is 9.69 Å². The summed E-state index contributed by atoms with van der Waals surface area (Å²) < 4.78 is 22.3. The van der Waals surface area contributed by atoms with Crippen LogP contribution in [0.25, 0.3) is 0 Å². The smallest absolute Gasteiger partial charge is 0.266 e. The summed E-state index contributed by atoms with van der Waals surface area (Å²) in [4.78, 5) is 15.4. The maximum atomic E-state index is 13.2. The number of anilines is 1. The van der Waals surface area contributed by atoms with Gasteiger partial charge in [0, 0.05) is 32.4 Å². The van der Waals surface area contributed by atoms with Crippen molar-refractivity contribution in [1.82, 2.24) is 4.90 Å². The zero-order valence-electron chi connectivity index (χ0n) is 19.9. The Bertz CT molecular complexity index is 1010. The fourth-order valence-corrected chi connectivity index (χ4v) is 3.51. The van der Waals surface area contributed by atoms with Crippen LogP contribution < -0.4 is 19.5 Å². The van der Waals surface area contributed by atoms with E-state index in [4.69, 9.17) is 18.9 Å². The third kappa shape index (κ3) is 7.50. The lowest BCUT2D eigenvalue weighted by atomic mass is 10.1. The highest BCUT2D eigenvalue weighted by molar-refractivity contribution is 5.94. The van der Waals surface area contributed by atoms with Crippen molar-refractivity contribution < 1.29 is 23.7 Å². The normalized spacial score (nSPS) is 11.6. The van der Waals surface area contributed by atoms with Gasteiger partial charge in [-0.2, -0.15) is 0 Å². The number of nitrogens with zero attached hydrogens (tertiary/aromatic N) is 1. The summed E-state index contributed by atoms with van der Waals surface area (Å²) in [6.07, 6.45) is -0.736. The molecule has 7 heteroatoms. The predicted octanol–water partition coefficient (Wildman–Crippen LogP) is 4.24. The zero-order valence-corrected chi connectivity index (χ0v) is 19.9. The number of benzene rings is 3. The van der Waals surface area contributed by atoms with E-state index in [1.54, 1.807) is 21.3 Å². The molecule has 3 aromatic carbocycles. The Hall–Kier alpha value is -3.55. The maximum absolute atomic E-state index is 13.2. The molecule has 0 bridgehead atoms. The van der Waals surface area contributed by atoms with Gasteiger partial charge in [-0.1, -0.05) is 42.5 Å². The van der Waals surface area contributed by atoms with Crippen LogP contribution >= 0.6 is 0 Å². The van der Waals surface area contributed by atoms with Crippen LogP contribution in [0.15, 0.2) is 78.9 Å². The van der Waals surface area contributed by atoms with Crippen molar-refractivity contribution in [3.05, 3.63) is 84.4 Å². The van der Waals surface area contributed by atoms with Crippen LogP contribution in [0, 0.1) is 0 Å². The number of nitrogens with one attached hydrogen (secondary N) is 1. The quantitative estimate of drug-likeness (QED) is 0.408. The number of rotatable bonds is 13. The molecule has 7 nitrogen and oxygen atoms in total. The summed E-state index contributed by atoms with van der Waals surface area (Å²) in [6, 6.07) is 24.5. The molecule has 0 saturated carbocycles. The first kappa shape index (κ1) is 25.1. The Labute approximate surface area is 201 Å². The summed E-state index contributed by atoms with van der Waals surface area (Å²) in [5, 5.41) is 2.96. The number of carbonyl (C=O) groups excluding carboxylic acids is 1. The molecule has 0 fully saturated rings. The van der Waals surface area contributed by atoms with Gasteiger partial charge in [0.15, 0.2) is 17.6 Å². The first-order valence-electron chi connectivity index (χ1n) is 11.1. The van der Waals surface area contributed by atoms with Crippen LogP contribution in [0.2, 0.25) is 0 Å². The van der Waals surface area contributed by atoms with E-state index in [1.807, 2.05) is 78.9 Å². The van der Waals surface area contributed by atoms with Crippen LogP contribution in [0.4, 0.5) is 5.69 Å². The maximum Gasteiger partial charge on any atom is 0.266 e. The molecule has 0 aromatic heterocycles. The molecular formula is C27H32N2O5. The molecule has 0 aliphatic rings. The highest BCUT2D eigenvalue weighted by atomic mass is 16.5. The van der Waals surface area contributed by atoms with Crippen molar-refractivity contribution >= 4 is 11.6 Å². The minimum atomic E-state index is -0.736. The fraction of sp³-hybridized carbons (Fsp3) is 0.296. The van der Waals surface area contributed by atoms with E-state index in [1.165, 1.54) is 0 Å². The van der Waals surface area contributed by atoms with Gasteiger partial charge in [-0.05, 0) is 42.0 Å². The number of carbonyl (C=O) groups is 1. The number of amides is 1. The van der Waals surface area contributed by atoms with Gasteiger partial charge in [0.2, 0.25) is 0 Å². The lowest BCUT2D eigenvalue weighted by Crippen LogP contribution is -2.44. The number of hydrogen-bond acceptors (Lipinski definition) is 6. The molecule has 1 N–H and O–H groups in total. The van der Waals surface area contributed by atoms with Crippen LogP contribution in [-0.4, -0.2) is 57.9 Å².